The Balaban J connectivity index is 2.01. The molecule has 1 N–H and O–H groups in total. The fourth-order valence-corrected chi connectivity index (χ4v) is 1.89. The van der Waals surface area contributed by atoms with E-state index in [0.29, 0.717) is 6.54 Å². The molecule has 2 rings (SSSR count). The van der Waals surface area contributed by atoms with Gasteiger partial charge in [0.25, 0.3) is 0 Å². The molecule has 2 aromatic heterocycles. The number of aryl methyl sites for hydroxylation is 2. The predicted molar refractivity (Wildman–Crippen MR) is 63.3 cm³/mol. The highest BCUT2D eigenvalue weighted by atomic mass is 16.5. The second-order valence-corrected chi connectivity index (χ2v) is 4.04. The third-order valence-electron chi connectivity index (χ3n) is 2.75. The van der Waals surface area contributed by atoms with Gasteiger partial charge in [-0.05, 0) is 26.8 Å². The van der Waals surface area contributed by atoms with Gasteiger partial charge in [-0.2, -0.15) is 0 Å². The van der Waals surface area contributed by atoms with E-state index >= 15 is 0 Å². The predicted octanol–water partition coefficient (Wildman–Crippen LogP) is 1.93. The molecule has 0 saturated carbocycles. The van der Waals surface area contributed by atoms with Crippen LogP contribution in [0.2, 0.25) is 0 Å². The van der Waals surface area contributed by atoms with Gasteiger partial charge < -0.3 is 9.84 Å². The molecule has 0 aromatic carbocycles. The third kappa shape index (κ3) is 2.68. The number of aromatic nitrogens is 3. The van der Waals surface area contributed by atoms with E-state index < -0.39 is 0 Å². The molecule has 0 bridgehead atoms. The summed E-state index contributed by atoms with van der Waals surface area (Å²) in [5, 5.41) is 7.34. The lowest BCUT2D eigenvalue weighted by atomic mass is 10.1. The van der Waals surface area contributed by atoms with E-state index in [9.17, 15) is 0 Å². The second kappa shape index (κ2) is 5.05. The van der Waals surface area contributed by atoms with Gasteiger partial charge in [-0.3, -0.25) is 0 Å². The number of nitrogens with zero attached hydrogens (tertiary/aromatic N) is 3. The first kappa shape index (κ1) is 11.7. The molecule has 1 unspecified atom stereocenters. The maximum absolute atomic E-state index is 5.15. The van der Waals surface area contributed by atoms with Crippen molar-refractivity contribution < 1.29 is 4.52 Å². The summed E-state index contributed by atoms with van der Waals surface area (Å²) in [6.07, 6.45) is 3.29. The summed E-state index contributed by atoms with van der Waals surface area (Å²) < 4.78 is 5.15. The first-order chi connectivity index (χ1) is 8.18. The molecule has 0 aliphatic rings. The normalized spacial score (nSPS) is 12.6. The Kier molecular flexibility index (Phi) is 3.49. The highest BCUT2D eigenvalue weighted by Crippen LogP contribution is 2.20. The Morgan fingerprint density at radius 2 is 2.24 bits per heavy atom. The van der Waals surface area contributed by atoms with Crippen molar-refractivity contribution in [1.82, 2.24) is 20.4 Å². The fraction of sp³-hybridized carbons (Fsp3) is 0.417. The average molecular weight is 232 g/mol. The molecule has 0 saturated heterocycles. The molecule has 0 aliphatic carbocycles. The van der Waals surface area contributed by atoms with E-state index in [0.717, 1.165) is 22.7 Å². The van der Waals surface area contributed by atoms with Crippen molar-refractivity contribution in [3.8, 4) is 0 Å². The van der Waals surface area contributed by atoms with E-state index in [1.807, 2.05) is 19.9 Å². The molecule has 2 heterocycles. The summed E-state index contributed by atoms with van der Waals surface area (Å²) in [5.74, 6) is 0.866. The van der Waals surface area contributed by atoms with Crippen molar-refractivity contribution in [3.63, 3.8) is 0 Å². The van der Waals surface area contributed by atoms with Gasteiger partial charge in [0, 0.05) is 24.3 Å². The van der Waals surface area contributed by atoms with Gasteiger partial charge in [-0.15, -0.1) is 0 Å². The minimum atomic E-state index is 0.191. The third-order valence-corrected chi connectivity index (χ3v) is 2.75. The summed E-state index contributed by atoms with van der Waals surface area (Å²) in [6.45, 7) is 6.67. The Morgan fingerprint density at radius 1 is 1.41 bits per heavy atom. The summed E-state index contributed by atoms with van der Waals surface area (Å²) in [4.78, 5) is 8.05. The smallest absolute Gasteiger partial charge is 0.138 e. The highest BCUT2D eigenvalue weighted by Gasteiger charge is 2.15. The van der Waals surface area contributed by atoms with Crippen molar-refractivity contribution in [3.05, 3.63) is 41.3 Å². The van der Waals surface area contributed by atoms with Crippen LogP contribution in [-0.2, 0) is 6.54 Å². The van der Waals surface area contributed by atoms with Gasteiger partial charge in [-0.1, -0.05) is 5.16 Å². The van der Waals surface area contributed by atoms with E-state index in [-0.39, 0.29) is 6.04 Å². The minimum Gasteiger partial charge on any atom is -0.361 e. The first-order valence-corrected chi connectivity index (χ1v) is 5.59. The van der Waals surface area contributed by atoms with Gasteiger partial charge in [-0.25, -0.2) is 9.97 Å². The first-order valence-electron chi connectivity index (χ1n) is 5.59. The SMILES string of the molecule is Cc1noc(C)c1C(C)NCc1ccncn1. The minimum absolute atomic E-state index is 0.191. The molecule has 5 nitrogen and oxygen atoms in total. The van der Waals surface area contributed by atoms with Crippen LogP contribution < -0.4 is 5.32 Å². The summed E-state index contributed by atoms with van der Waals surface area (Å²) >= 11 is 0. The van der Waals surface area contributed by atoms with Crippen molar-refractivity contribution in [2.75, 3.05) is 0 Å². The Labute approximate surface area is 100 Å². The van der Waals surface area contributed by atoms with E-state index in [2.05, 4.69) is 27.4 Å². The summed E-state index contributed by atoms with van der Waals surface area (Å²) in [5.41, 5.74) is 3.03. The van der Waals surface area contributed by atoms with Crippen molar-refractivity contribution in [2.45, 2.75) is 33.4 Å². The quantitative estimate of drug-likeness (QED) is 0.872. The van der Waals surface area contributed by atoms with Gasteiger partial charge >= 0.3 is 0 Å². The largest absolute Gasteiger partial charge is 0.361 e. The molecule has 5 heteroatoms. The fourth-order valence-electron chi connectivity index (χ4n) is 1.89. The average Bonchev–Trinajstić information content (AvgIpc) is 2.67. The van der Waals surface area contributed by atoms with Crippen LogP contribution in [0.4, 0.5) is 0 Å². The van der Waals surface area contributed by atoms with Crippen molar-refractivity contribution in [2.24, 2.45) is 0 Å². The van der Waals surface area contributed by atoms with E-state index in [1.165, 1.54) is 0 Å². The molecular weight excluding hydrogens is 216 g/mol. The number of hydrogen-bond acceptors (Lipinski definition) is 5. The van der Waals surface area contributed by atoms with Gasteiger partial charge in [0.1, 0.15) is 12.1 Å². The van der Waals surface area contributed by atoms with Crippen LogP contribution in [-0.4, -0.2) is 15.1 Å². The van der Waals surface area contributed by atoms with Gasteiger partial charge in [0.2, 0.25) is 0 Å². The van der Waals surface area contributed by atoms with Gasteiger partial charge in [0.15, 0.2) is 0 Å². The standard InChI is InChI=1S/C12H16N4O/c1-8(12-9(2)16-17-10(12)3)14-6-11-4-5-13-7-15-11/h4-5,7-8,14H,6H2,1-3H3. The Morgan fingerprint density at radius 3 is 2.82 bits per heavy atom. The molecule has 0 aliphatic heterocycles. The lowest BCUT2D eigenvalue weighted by Gasteiger charge is -2.12. The van der Waals surface area contributed by atoms with Gasteiger partial charge in [0.05, 0.1) is 11.4 Å². The molecule has 90 valence electrons. The Bertz CT molecular complexity index is 461. The van der Waals surface area contributed by atoms with E-state index in [1.54, 1.807) is 12.5 Å². The maximum Gasteiger partial charge on any atom is 0.138 e. The number of rotatable bonds is 4. The highest BCUT2D eigenvalue weighted by molar-refractivity contribution is 5.24. The van der Waals surface area contributed by atoms with Crippen LogP contribution in [0, 0.1) is 13.8 Å². The monoisotopic (exact) mass is 232 g/mol. The van der Waals surface area contributed by atoms with Crippen LogP contribution in [0.15, 0.2) is 23.1 Å². The molecule has 0 spiro atoms. The molecule has 1 atom stereocenters. The van der Waals surface area contributed by atoms with Crippen molar-refractivity contribution >= 4 is 0 Å². The summed E-state index contributed by atoms with van der Waals surface area (Å²) in [7, 11) is 0. The molecule has 2 aromatic rings. The zero-order valence-electron chi connectivity index (χ0n) is 10.3. The molecule has 17 heavy (non-hydrogen) atoms. The summed E-state index contributed by atoms with van der Waals surface area (Å²) in [6, 6.07) is 2.09. The van der Waals surface area contributed by atoms with E-state index in [4.69, 9.17) is 4.52 Å². The topological polar surface area (TPSA) is 63.8 Å². The zero-order valence-corrected chi connectivity index (χ0v) is 10.3. The van der Waals surface area contributed by atoms with Crippen LogP contribution in [0.25, 0.3) is 0 Å². The molecule has 0 fully saturated rings. The maximum atomic E-state index is 5.15. The zero-order chi connectivity index (χ0) is 12.3. The second-order valence-electron chi connectivity index (χ2n) is 4.04. The van der Waals surface area contributed by atoms with Crippen LogP contribution in [0.1, 0.15) is 35.7 Å². The lowest BCUT2D eigenvalue weighted by Crippen LogP contribution is -2.19. The lowest BCUT2D eigenvalue weighted by molar-refractivity contribution is 0.390. The molecule has 0 radical (unpaired) electrons. The van der Waals surface area contributed by atoms with Crippen LogP contribution in [0.3, 0.4) is 0 Å². The number of nitrogens with one attached hydrogen (secondary N) is 1. The van der Waals surface area contributed by atoms with Crippen molar-refractivity contribution in [1.29, 1.82) is 0 Å². The molecular formula is C12H16N4O. The number of hydrogen-bond donors (Lipinski definition) is 1. The molecule has 0 amide bonds. The Hall–Kier alpha value is -1.75. The van der Waals surface area contributed by atoms with Crippen LogP contribution >= 0.6 is 0 Å². The van der Waals surface area contributed by atoms with Crippen LogP contribution in [0.5, 0.6) is 0 Å².